The topological polar surface area (TPSA) is 110 Å². The smallest absolute Gasteiger partial charge is 0.344 e. The minimum Gasteiger partial charge on any atom is -0.481 e. The van der Waals surface area contributed by atoms with Crippen LogP contribution in [0.2, 0.25) is 0 Å². The van der Waals surface area contributed by atoms with Gasteiger partial charge in [0.15, 0.2) is 0 Å². The Balaban J connectivity index is 1.99. The number of aromatic nitrogens is 3. The number of hydrogen-bond acceptors (Lipinski definition) is 10. The molecule has 3 aromatic rings. The lowest BCUT2D eigenvalue weighted by atomic mass is 9.98. The van der Waals surface area contributed by atoms with Crippen LogP contribution in [0.3, 0.4) is 0 Å². The number of esters is 2. The normalized spacial score (nSPS) is 11.0. The Morgan fingerprint density at radius 3 is 2.17 bits per heavy atom. The Hall–Kier alpha value is -3.73. The molecule has 0 saturated heterocycles. The predicted octanol–water partition coefficient (Wildman–Crippen LogP) is 4.55. The van der Waals surface area contributed by atoms with Crippen LogP contribution in [0, 0.1) is 11.2 Å². The van der Waals surface area contributed by atoms with E-state index in [-0.39, 0.29) is 27.5 Å². The molecule has 2 aromatic heterocycles. The van der Waals surface area contributed by atoms with E-state index in [0.717, 1.165) is 11.8 Å². The molecule has 0 fully saturated rings. The predicted molar refractivity (Wildman–Crippen MR) is 125 cm³/mol. The molecule has 9 nitrogen and oxygen atoms in total. The highest BCUT2D eigenvalue weighted by atomic mass is 32.2. The van der Waals surface area contributed by atoms with Gasteiger partial charge in [-0.15, -0.1) is 0 Å². The molecule has 0 unspecified atom stereocenters. The SMILES string of the molecule is COc1cc(OC)nc(Sc2nccc(-c3ccc(F)cc3)c2C(=O)OCOC(=O)C(C)(C)C)n1. The Morgan fingerprint density at radius 1 is 0.971 bits per heavy atom. The lowest BCUT2D eigenvalue weighted by Gasteiger charge is -2.17. The highest BCUT2D eigenvalue weighted by Crippen LogP contribution is 2.35. The maximum atomic E-state index is 13.5. The molecule has 2 heterocycles. The van der Waals surface area contributed by atoms with Crippen molar-refractivity contribution in [3.63, 3.8) is 0 Å². The van der Waals surface area contributed by atoms with Crippen LogP contribution in [0.25, 0.3) is 11.1 Å². The van der Waals surface area contributed by atoms with Crippen molar-refractivity contribution in [3.05, 3.63) is 54.0 Å². The Labute approximate surface area is 206 Å². The summed E-state index contributed by atoms with van der Waals surface area (Å²) < 4.78 is 34.2. The minimum absolute atomic E-state index is 0.0707. The molecule has 184 valence electrons. The third kappa shape index (κ3) is 6.66. The summed E-state index contributed by atoms with van der Waals surface area (Å²) in [6, 6.07) is 8.71. The van der Waals surface area contributed by atoms with E-state index in [1.807, 2.05) is 0 Å². The van der Waals surface area contributed by atoms with E-state index in [0.29, 0.717) is 11.1 Å². The summed E-state index contributed by atoms with van der Waals surface area (Å²) >= 11 is 0.982. The third-order valence-electron chi connectivity index (χ3n) is 4.53. The first-order valence-electron chi connectivity index (χ1n) is 10.4. The molecule has 0 bridgehead atoms. The van der Waals surface area contributed by atoms with Gasteiger partial charge in [0.2, 0.25) is 23.7 Å². The van der Waals surface area contributed by atoms with Crippen LogP contribution in [-0.2, 0) is 14.3 Å². The van der Waals surface area contributed by atoms with Crippen molar-refractivity contribution in [3.8, 4) is 22.9 Å². The number of benzene rings is 1. The average molecular weight is 502 g/mol. The molecule has 1 aromatic carbocycles. The summed E-state index contributed by atoms with van der Waals surface area (Å²) in [6.07, 6.45) is 1.49. The maximum absolute atomic E-state index is 13.5. The van der Waals surface area contributed by atoms with Crippen LogP contribution in [-0.4, -0.2) is 47.9 Å². The molecule has 0 amide bonds. The number of pyridine rings is 1. The van der Waals surface area contributed by atoms with Crippen LogP contribution in [0.4, 0.5) is 4.39 Å². The summed E-state index contributed by atoms with van der Waals surface area (Å²) in [5.41, 5.74) is 0.299. The van der Waals surface area contributed by atoms with Crippen molar-refractivity contribution in [1.82, 2.24) is 15.0 Å². The second-order valence-electron chi connectivity index (χ2n) is 8.11. The minimum atomic E-state index is -0.795. The second-order valence-corrected chi connectivity index (χ2v) is 9.07. The molecule has 0 aliphatic heterocycles. The molecule has 0 saturated carbocycles. The van der Waals surface area contributed by atoms with Crippen molar-refractivity contribution in [2.45, 2.75) is 31.0 Å². The molecule has 11 heteroatoms. The zero-order valence-electron chi connectivity index (χ0n) is 19.8. The van der Waals surface area contributed by atoms with Gasteiger partial charge in [-0.3, -0.25) is 4.79 Å². The number of rotatable bonds is 8. The van der Waals surface area contributed by atoms with Crippen molar-refractivity contribution < 1.29 is 32.9 Å². The van der Waals surface area contributed by atoms with Crippen LogP contribution < -0.4 is 9.47 Å². The molecule has 3 rings (SSSR count). The standard InChI is InChI=1S/C24H24FN3O6S/c1-24(2,3)22(30)34-13-33-21(29)19-16(14-6-8-15(25)9-7-14)10-11-26-20(19)35-23-27-17(31-4)12-18(28-23)32-5/h6-12H,13H2,1-5H3. The number of carbonyl (C=O) groups is 2. The lowest BCUT2D eigenvalue weighted by Crippen LogP contribution is -2.25. The molecular weight excluding hydrogens is 477 g/mol. The summed E-state index contributed by atoms with van der Waals surface area (Å²) in [4.78, 5) is 38.0. The van der Waals surface area contributed by atoms with E-state index in [9.17, 15) is 14.0 Å². The van der Waals surface area contributed by atoms with Gasteiger partial charge < -0.3 is 18.9 Å². The fourth-order valence-electron chi connectivity index (χ4n) is 2.74. The first kappa shape index (κ1) is 25.9. The largest absolute Gasteiger partial charge is 0.481 e. The number of ether oxygens (including phenoxy) is 4. The molecule has 0 atom stereocenters. The Kier molecular flexibility index (Phi) is 8.23. The fourth-order valence-corrected chi connectivity index (χ4v) is 3.59. The summed E-state index contributed by atoms with van der Waals surface area (Å²) in [5, 5.41) is 0.424. The Morgan fingerprint density at radius 2 is 1.60 bits per heavy atom. The zero-order chi connectivity index (χ0) is 25.6. The second kappa shape index (κ2) is 11.1. The van der Waals surface area contributed by atoms with E-state index in [2.05, 4.69) is 15.0 Å². The van der Waals surface area contributed by atoms with Crippen molar-refractivity contribution in [1.29, 1.82) is 0 Å². The number of carbonyl (C=O) groups excluding carboxylic acids is 2. The highest BCUT2D eigenvalue weighted by Gasteiger charge is 2.26. The van der Waals surface area contributed by atoms with E-state index >= 15 is 0 Å². The molecular formula is C24H24FN3O6S. The molecule has 0 aliphatic rings. The van der Waals surface area contributed by atoms with E-state index in [1.54, 1.807) is 26.8 Å². The third-order valence-corrected chi connectivity index (χ3v) is 5.40. The highest BCUT2D eigenvalue weighted by molar-refractivity contribution is 7.99. The van der Waals surface area contributed by atoms with Crippen LogP contribution in [0.5, 0.6) is 11.8 Å². The van der Waals surface area contributed by atoms with Gasteiger partial charge in [-0.1, -0.05) is 12.1 Å². The molecule has 0 radical (unpaired) electrons. The fraction of sp³-hybridized carbons (Fsp3) is 0.292. The van der Waals surface area contributed by atoms with Gasteiger partial charge >= 0.3 is 11.9 Å². The van der Waals surface area contributed by atoms with Crippen LogP contribution in [0.15, 0.2) is 52.8 Å². The number of hydrogen-bond donors (Lipinski definition) is 0. The lowest BCUT2D eigenvalue weighted by molar-refractivity contribution is -0.161. The van der Waals surface area contributed by atoms with Gasteiger partial charge in [-0.25, -0.2) is 14.2 Å². The van der Waals surface area contributed by atoms with Gasteiger partial charge in [-0.2, -0.15) is 9.97 Å². The van der Waals surface area contributed by atoms with Gasteiger partial charge in [-0.05, 0) is 56.3 Å². The number of nitrogens with zero attached hydrogens (tertiary/aromatic N) is 3. The first-order valence-corrected chi connectivity index (χ1v) is 11.2. The average Bonchev–Trinajstić information content (AvgIpc) is 2.83. The van der Waals surface area contributed by atoms with Gasteiger partial charge in [0.05, 0.1) is 25.7 Å². The molecule has 0 aliphatic carbocycles. The molecule has 0 spiro atoms. The zero-order valence-corrected chi connectivity index (χ0v) is 20.6. The molecule has 35 heavy (non-hydrogen) atoms. The summed E-state index contributed by atoms with van der Waals surface area (Å²) in [6.45, 7) is 4.46. The van der Waals surface area contributed by atoms with Crippen LogP contribution >= 0.6 is 11.8 Å². The van der Waals surface area contributed by atoms with Gasteiger partial charge in [0, 0.05) is 11.8 Å². The van der Waals surface area contributed by atoms with E-state index in [4.69, 9.17) is 18.9 Å². The van der Waals surface area contributed by atoms with Crippen LogP contribution in [0.1, 0.15) is 31.1 Å². The number of halogens is 1. The number of methoxy groups -OCH3 is 2. The summed E-state index contributed by atoms with van der Waals surface area (Å²) in [7, 11) is 2.90. The molecule has 0 N–H and O–H groups in total. The maximum Gasteiger partial charge on any atom is 0.344 e. The first-order chi connectivity index (χ1) is 16.6. The van der Waals surface area contributed by atoms with Gasteiger partial charge in [0.25, 0.3) is 0 Å². The van der Waals surface area contributed by atoms with Crippen molar-refractivity contribution in [2.24, 2.45) is 5.41 Å². The quantitative estimate of drug-likeness (QED) is 0.248. The van der Waals surface area contributed by atoms with E-state index in [1.165, 1.54) is 50.7 Å². The Bertz CT molecular complexity index is 1190. The van der Waals surface area contributed by atoms with Crippen molar-refractivity contribution >= 4 is 23.7 Å². The van der Waals surface area contributed by atoms with Gasteiger partial charge in [0.1, 0.15) is 16.4 Å². The monoisotopic (exact) mass is 501 g/mol. The van der Waals surface area contributed by atoms with Crippen molar-refractivity contribution in [2.75, 3.05) is 21.0 Å². The van der Waals surface area contributed by atoms with E-state index < -0.39 is 30.0 Å². The summed E-state index contributed by atoms with van der Waals surface area (Å²) in [5.74, 6) is -1.23.